The predicted octanol–water partition coefficient (Wildman–Crippen LogP) is 2.84. The molecule has 1 fully saturated rings. The van der Waals surface area contributed by atoms with Crippen LogP contribution in [0, 0.1) is 5.92 Å². The number of thiophene rings is 1. The van der Waals surface area contributed by atoms with Crippen LogP contribution < -0.4 is 5.32 Å². The molecule has 1 aromatic heterocycles. The standard InChI is InChI=1S/C18H20N2O3S/c21-12-13-5-3-9-20(11-13)18(23)14-6-1-2-7-15(14)19-17(22)16-8-4-10-24-16/h1-2,4,6-8,10,13,21H,3,5,9,11-12H2,(H,19,22). The minimum atomic E-state index is -0.211. The average Bonchev–Trinajstić information content (AvgIpc) is 3.16. The summed E-state index contributed by atoms with van der Waals surface area (Å²) in [6.07, 6.45) is 1.83. The molecular formula is C18H20N2O3S. The van der Waals surface area contributed by atoms with Crippen LogP contribution in [-0.2, 0) is 0 Å². The van der Waals surface area contributed by atoms with Crippen LogP contribution in [0.3, 0.4) is 0 Å². The highest BCUT2D eigenvalue weighted by atomic mass is 32.1. The predicted molar refractivity (Wildman–Crippen MR) is 94.4 cm³/mol. The fourth-order valence-electron chi connectivity index (χ4n) is 2.94. The van der Waals surface area contributed by atoms with Crippen LogP contribution in [0.2, 0.25) is 0 Å². The van der Waals surface area contributed by atoms with Gasteiger partial charge in [-0.2, -0.15) is 0 Å². The Labute approximate surface area is 144 Å². The Kier molecular flexibility index (Phi) is 5.27. The second-order valence-corrected chi connectivity index (χ2v) is 6.87. The summed E-state index contributed by atoms with van der Waals surface area (Å²) in [5, 5.41) is 14.0. The van der Waals surface area contributed by atoms with E-state index in [0.717, 1.165) is 12.8 Å². The Morgan fingerprint density at radius 3 is 2.83 bits per heavy atom. The van der Waals surface area contributed by atoms with Crippen LogP contribution in [-0.4, -0.2) is 41.5 Å². The number of carbonyl (C=O) groups is 2. The Morgan fingerprint density at radius 2 is 2.08 bits per heavy atom. The molecule has 5 nitrogen and oxygen atoms in total. The van der Waals surface area contributed by atoms with Gasteiger partial charge in [0.05, 0.1) is 16.1 Å². The molecular weight excluding hydrogens is 324 g/mol. The summed E-state index contributed by atoms with van der Waals surface area (Å²) < 4.78 is 0. The monoisotopic (exact) mass is 344 g/mol. The number of aliphatic hydroxyl groups is 1. The maximum Gasteiger partial charge on any atom is 0.265 e. The summed E-state index contributed by atoms with van der Waals surface area (Å²) >= 11 is 1.36. The van der Waals surface area contributed by atoms with Gasteiger partial charge >= 0.3 is 0 Å². The Bertz CT molecular complexity index is 715. The summed E-state index contributed by atoms with van der Waals surface area (Å²) in [6.45, 7) is 1.34. The largest absolute Gasteiger partial charge is 0.396 e. The van der Waals surface area contributed by atoms with Crippen LogP contribution in [0.5, 0.6) is 0 Å². The Balaban J connectivity index is 1.78. The molecule has 0 bridgehead atoms. The molecule has 0 aliphatic carbocycles. The first-order valence-electron chi connectivity index (χ1n) is 8.03. The molecule has 1 unspecified atom stereocenters. The molecule has 1 saturated heterocycles. The minimum Gasteiger partial charge on any atom is -0.396 e. The quantitative estimate of drug-likeness (QED) is 0.896. The highest BCUT2D eigenvalue weighted by molar-refractivity contribution is 7.12. The Morgan fingerprint density at radius 1 is 1.25 bits per heavy atom. The first-order valence-corrected chi connectivity index (χ1v) is 8.91. The van der Waals surface area contributed by atoms with Gasteiger partial charge in [-0.05, 0) is 42.3 Å². The molecule has 0 saturated carbocycles. The molecule has 3 rings (SSSR count). The molecule has 1 atom stereocenters. The van der Waals surface area contributed by atoms with E-state index < -0.39 is 0 Å². The lowest BCUT2D eigenvalue weighted by Gasteiger charge is -2.32. The van der Waals surface area contributed by atoms with E-state index in [1.165, 1.54) is 11.3 Å². The van der Waals surface area contributed by atoms with Crippen molar-refractivity contribution >= 4 is 28.8 Å². The van der Waals surface area contributed by atoms with Crippen LogP contribution in [0.1, 0.15) is 32.9 Å². The number of para-hydroxylation sites is 1. The zero-order valence-electron chi connectivity index (χ0n) is 13.3. The number of rotatable bonds is 4. The topological polar surface area (TPSA) is 69.6 Å². The van der Waals surface area contributed by atoms with Crippen molar-refractivity contribution in [1.82, 2.24) is 4.90 Å². The maximum absolute atomic E-state index is 12.8. The van der Waals surface area contributed by atoms with Crippen LogP contribution in [0.15, 0.2) is 41.8 Å². The van der Waals surface area contributed by atoms with Crippen LogP contribution in [0.4, 0.5) is 5.69 Å². The molecule has 1 aliphatic heterocycles. The third-order valence-corrected chi connectivity index (χ3v) is 5.08. The summed E-state index contributed by atoms with van der Waals surface area (Å²) in [7, 11) is 0. The van der Waals surface area contributed by atoms with Crippen molar-refractivity contribution in [3.8, 4) is 0 Å². The molecule has 0 radical (unpaired) electrons. The van der Waals surface area contributed by atoms with Crippen LogP contribution in [0.25, 0.3) is 0 Å². The summed E-state index contributed by atoms with van der Waals surface area (Å²) in [4.78, 5) is 27.5. The van der Waals surface area contributed by atoms with E-state index in [4.69, 9.17) is 0 Å². The lowest BCUT2D eigenvalue weighted by atomic mass is 9.98. The maximum atomic E-state index is 12.8. The van der Waals surface area contributed by atoms with Crippen LogP contribution >= 0.6 is 11.3 Å². The highest BCUT2D eigenvalue weighted by Gasteiger charge is 2.25. The van der Waals surface area contributed by atoms with Gasteiger partial charge in [0, 0.05) is 19.7 Å². The zero-order chi connectivity index (χ0) is 16.9. The van der Waals surface area contributed by atoms with E-state index in [1.807, 2.05) is 11.4 Å². The van der Waals surface area contributed by atoms with Gasteiger partial charge in [0.15, 0.2) is 0 Å². The molecule has 6 heteroatoms. The third kappa shape index (κ3) is 3.66. The van der Waals surface area contributed by atoms with E-state index in [1.54, 1.807) is 35.2 Å². The van der Waals surface area contributed by atoms with Gasteiger partial charge in [-0.15, -0.1) is 11.3 Å². The number of nitrogens with zero attached hydrogens (tertiary/aromatic N) is 1. The van der Waals surface area contributed by atoms with Crippen molar-refractivity contribution in [3.63, 3.8) is 0 Å². The molecule has 2 N–H and O–H groups in total. The van der Waals surface area contributed by atoms with Crippen molar-refractivity contribution < 1.29 is 14.7 Å². The lowest BCUT2D eigenvalue weighted by Crippen LogP contribution is -2.41. The van der Waals surface area contributed by atoms with Gasteiger partial charge in [0.25, 0.3) is 11.8 Å². The fourth-order valence-corrected chi connectivity index (χ4v) is 3.56. The van der Waals surface area contributed by atoms with E-state index >= 15 is 0 Å². The molecule has 2 heterocycles. The van der Waals surface area contributed by atoms with E-state index in [2.05, 4.69) is 5.32 Å². The van der Waals surface area contributed by atoms with Gasteiger partial charge < -0.3 is 15.3 Å². The summed E-state index contributed by atoms with van der Waals surface area (Å²) in [5.41, 5.74) is 1.01. The molecule has 2 amide bonds. The number of carbonyl (C=O) groups excluding carboxylic acids is 2. The number of piperidine rings is 1. The second-order valence-electron chi connectivity index (χ2n) is 5.92. The van der Waals surface area contributed by atoms with Gasteiger partial charge in [0.2, 0.25) is 0 Å². The molecule has 2 aromatic rings. The number of aliphatic hydroxyl groups excluding tert-OH is 1. The summed E-state index contributed by atoms with van der Waals surface area (Å²) in [6, 6.07) is 10.6. The molecule has 0 spiro atoms. The van der Waals surface area contributed by atoms with Crippen molar-refractivity contribution in [1.29, 1.82) is 0 Å². The van der Waals surface area contributed by atoms with Crippen molar-refractivity contribution in [3.05, 3.63) is 52.2 Å². The summed E-state index contributed by atoms with van der Waals surface area (Å²) in [5.74, 6) is -0.178. The average molecular weight is 344 g/mol. The number of benzene rings is 1. The number of hydrogen-bond donors (Lipinski definition) is 2. The lowest BCUT2D eigenvalue weighted by molar-refractivity contribution is 0.0621. The normalized spacial score (nSPS) is 17.5. The molecule has 24 heavy (non-hydrogen) atoms. The molecule has 1 aromatic carbocycles. The van der Waals surface area contributed by atoms with E-state index in [0.29, 0.717) is 29.2 Å². The molecule has 126 valence electrons. The number of anilines is 1. The highest BCUT2D eigenvalue weighted by Crippen LogP contribution is 2.23. The SMILES string of the molecule is O=C(Nc1ccccc1C(=O)N1CCCC(CO)C1)c1cccs1. The van der Waals surface area contributed by atoms with E-state index in [9.17, 15) is 14.7 Å². The second kappa shape index (κ2) is 7.59. The van der Waals surface area contributed by atoms with Gasteiger partial charge in [-0.25, -0.2) is 0 Å². The van der Waals surface area contributed by atoms with Gasteiger partial charge in [-0.1, -0.05) is 18.2 Å². The molecule has 1 aliphatic rings. The first-order chi connectivity index (χ1) is 11.7. The number of hydrogen-bond acceptors (Lipinski definition) is 4. The van der Waals surface area contributed by atoms with Gasteiger partial charge in [-0.3, -0.25) is 9.59 Å². The smallest absolute Gasteiger partial charge is 0.265 e. The first kappa shape index (κ1) is 16.7. The van der Waals surface area contributed by atoms with Crippen molar-refractivity contribution in [2.75, 3.05) is 25.0 Å². The fraction of sp³-hybridized carbons (Fsp3) is 0.333. The number of likely N-dealkylation sites (tertiary alicyclic amines) is 1. The van der Waals surface area contributed by atoms with Crippen molar-refractivity contribution in [2.45, 2.75) is 12.8 Å². The van der Waals surface area contributed by atoms with Gasteiger partial charge in [0.1, 0.15) is 0 Å². The number of amides is 2. The number of nitrogens with one attached hydrogen (secondary N) is 1. The Hall–Kier alpha value is -2.18. The minimum absolute atomic E-state index is 0.0978. The van der Waals surface area contributed by atoms with Crippen molar-refractivity contribution in [2.24, 2.45) is 5.92 Å². The van der Waals surface area contributed by atoms with E-state index in [-0.39, 0.29) is 24.3 Å². The third-order valence-electron chi connectivity index (χ3n) is 4.22. The zero-order valence-corrected chi connectivity index (χ0v) is 14.1.